The maximum absolute atomic E-state index is 12.5. The molecule has 0 aromatic carbocycles. The van der Waals surface area contributed by atoms with Gasteiger partial charge in [0.2, 0.25) is 0 Å². The summed E-state index contributed by atoms with van der Waals surface area (Å²) in [6.07, 6.45) is 34.2. The molecule has 0 aliphatic heterocycles. The Kier molecular flexibility index (Phi) is 29.7. The van der Waals surface area contributed by atoms with Gasteiger partial charge in [-0.25, -0.2) is 0 Å². The fourth-order valence-corrected chi connectivity index (χ4v) is 5.09. The van der Waals surface area contributed by atoms with Crippen LogP contribution in [-0.2, 0) is 27.9 Å². The van der Waals surface area contributed by atoms with E-state index in [1.54, 1.807) is 0 Å². The smallest absolute Gasteiger partial charge is 0.306 e. The van der Waals surface area contributed by atoms with Crippen molar-refractivity contribution in [2.75, 3.05) is 54.1 Å². The molecule has 0 bridgehead atoms. The average molecular weight is 670 g/mol. The summed E-state index contributed by atoms with van der Waals surface area (Å²) in [7, 11) is 1.33. The van der Waals surface area contributed by atoms with Crippen LogP contribution in [0.2, 0.25) is 0 Å². The summed E-state index contributed by atoms with van der Waals surface area (Å²) in [6, 6.07) is 0. The van der Waals surface area contributed by atoms with E-state index in [-0.39, 0.29) is 25.8 Å². The highest BCUT2D eigenvalue weighted by Crippen LogP contribution is 2.38. The Morgan fingerprint density at radius 2 is 1.26 bits per heavy atom. The van der Waals surface area contributed by atoms with Crippen molar-refractivity contribution in [2.45, 2.75) is 129 Å². The van der Waals surface area contributed by atoms with Crippen molar-refractivity contribution in [2.24, 2.45) is 0 Å². The second-order valence-corrected chi connectivity index (χ2v) is 14.3. The first-order valence-electron chi connectivity index (χ1n) is 17.9. The van der Waals surface area contributed by atoms with Gasteiger partial charge < -0.3 is 27.9 Å². The molecule has 0 saturated carbocycles. The molecule has 0 aromatic heterocycles. The number of rotatable bonds is 32. The number of hydrogen-bond acceptors (Lipinski definition) is 7. The summed E-state index contributed by atoms with van der Waals surface area (Å²) in [5.41, 5.74) is 0. The Labute approximate surface area is 282 Å². The molecule has 9 heteroatoms. The number of phosphoric acid groups is 1. The Hall–Kier alpha value is -1.54. The van der Waals surface area contributed by atoms with Gasteiger partial charge in [0.05, 0.1) is 34.4 Å². The van der Waals surface area contributed by atoms with E-state index in [0.717, 1.165) is 70.6 Å². The number of esters is 1. The molecule has 0 rings (SSSR count). The highest BCUT2D eigenvalue weighted by atomic mass is 31.2. The van der Waals surface area contributed by atoms with Gasteiger partial charge >= 0.3 is 5.97 Å². The molecule has 0 aliphatic carbocycles. The molecule has 8 nitrogen and oxygen atoms in total. The zero-order chi connectivity index (χ0) is 34.2. The number of hydrogen-bond donors (Lipinski definition) is 0. The molecule has 0 amide bonds. The molecule has 0 aromatic rings. The van der Waals surface area contributed by atoms with Crippen LogP contribution < -0.4 is 4.89 Å². The van der Waals surface area contributed by atoms with Crippen molar-refractivity contribution in [3.8, 4) is 0 Å². The fourth-order valence-electron chi connectivity index (χ4n) is 4.36. The third-order valence-electron chi connectivity index (χ3n) is 7.14. The minimum atomic E-state index is -4.52. The quantitative estimate of drug-likeness (QED) is 0.0232. The van der Waals surface area contributed by atoms with Gasteiger partial charge in [-0.2, -0.15) is 0 Å². The van der Waals surface area contributed by atoms with E-state index in [9.17, 15) is 14.3 Å². The zero-order valence-corrected chi connectivity index (χ0v) is 30.9. The predicted octanol–water partition coefficient (Wildman–Crippen LogP) is 9.02. The highest BCUT2D eigenvalue weighted by molar-refractivity contribution is 7.45. The van der Waals surface area contributed by atoms with Gasteiger partial charge in [-0.3, -0.25) is 9.36 Å². The molecule has 0 N–H and O–H groups in total. The van der Waals surface area contributed by atoms with Gasteiger partial charge in [0, 0.05) is 13.0 Å². The summed E-state index contributed by atoms with van der Waals surface area (Å²) < 4.78 is 34.2. The van der Waals surface area contributed by atoms with Crippen LogP contribution in [0.5, 0.6) is 0 Å². The molecule has 2 atom stereocenters. The lowest BCUT2D eigenvalue weighted by molar-refractivity contribution is -0.870. The normalized spacial score (nSPS) is 14.7. The molecule has 0 radical (unpaired) electrons. The van der Waals surface area contributed by atoms with E-state index in [4.69, 9.17) is 18.5 Å². The Bertz CT molecular complexity index is 879. The minimum Gasteiger partial charge on any atom is -0.756 e. The lowest BCUT2D eigenvalue weighted by atomic mass is 10.1. The van der Waals surface area contributed by atoms with E-state index in [2.05, 4.69) is 62.5 Å². The van der Waals surface area contributed by atoms with Crippen LogP contribution in [0.15, 0.2) is 48.6 Å². The van der Waals surface area contributed by atoms with Crippen molar-refractivity contribution in [3.63, 3.8) is 0 Å². The first-order chi connectivity index (χ1) is 22.1. The number of quaternary nitrogens is 1. The molecule has 0 spiro atoms. The van der Waals surface area contributed by atoms with Crippen molar-refractivity contribution >= 4 is 13.8 Å². The minimum absolute atomic E-state index is 0.0184. The maximum Gasteiger partial charge on any atom is 0.306 e. The molecule has 0 heterocycles. The number of likely N-dealkylation sites (N-methyl/N-ethyl adjacent to an activating group) is 1. The number of allylic oxidation sites excluding steroid dienone is 8. The lowest BCUT2D eigenvalue weighted by Gasteiger charge is -2.28. The van der Waals surface area contributed by atoms with Gasteiger partial charge in [-0.15, -0.1) is 0 Å². The van der Waals surface area contributed by atoms with Crippen molar-refractivity contribution in [1.82, 2.24) is 0 Å². The first-order valence-corrected chi connectivity index (χ1v) is 19.3. The van der Waals surface area contributed by atoms with Crippen LogP contribution in [-0.4, -0.2) is 70.7 Å². The largest absolute Gasteiger partial charge is 0.756 e. The van der Waals surface area contributed by atoms with Crippen LogP contribution in [0.1, 0.15) is 123 Å². The van der Waals surface area contributed by atoms with E-state index in [0.29, 0.717) is 24.1 Å². The van der Waals surface area contributed by atoms with Gasteiger partial charge in [-0.05, 0) is 51.4 Å². The predicted molar refractivity (Wildman–Crippen MR) is 190 cm³/mol. The van der Waals surface area contributed by atoms with E-state index < -0.39 is 13.9 Å². The van der Waals surface area contributed by atoms with Crippen LogP contribution in [0.25, 0.3) is 0 Å². The molecular formula is C37H68NO7P. The maximum atomic E-state index is 12.5. The van der Waals surface area contributed by atoms with Crippen LogP contribution >= 0.6 is 7.82 Å². The molecule has 0 saturated heterocycles. The highest BCUT2D eigenvalue weighted by Gasteiger charge is 2.20. The average Bonchev–Trinajstić information content (AvgIpc) is 2.99. The lowest BCUT2D eigenvalue weighted by Crippen LogP contribution is -2.37. The molecule has 268 valence electrons. The number of ether oxygens (including phenoxy) is 2. The summed E-state index contributed by atoms with van der Waals surface area (Å²) in [6.45, 7) is 5.15. The van der Waals surface area contributed by atoms with E-state index >= 15 is 0 Å². The van der Waals surface area contributed by atoms with E-state index in [1.165, 1.54) is 32.1 Å². The third kappa shape index (κ3) is 33.8. The van der Waals surface area contributed by atoms with Crippen LogP contribution in [0.3, 0.4) is 0 Å². The van der Waals surface area contributed by atoms with Crippen LogP contribution in [0, 0.1) is 0 Å². The van der Waals surface area contributed by atoms with Crippen LogP contribution in [0.4, 0.5) is 0 Å². The first kappa shape index (κ1) is 44.5. The number of unbranched alkanes of at least 4 members (excludes halogenated alkanes) is 10. The number of nitrogens with zero attached hydrogens (tertiary/aromatic N) is 1. The monoisotopic (exact) mass is 669 g/mol. The second kappa shape index (κ2) is 30.8. The number of carbonyl (C=O) groups excluding carboxylic acids is 1. The summed E-state index contributed by atoms with van der Waals surface area (Å²) in [5.74, 6) is -0.354. The standard InChI is InChI=1S/C37H68NO7P/c1-6-8-10-12-14-16-17-18-19-20-21-22-23-25-27-29-32-42-34-36(35-44-46(40,41)43-33-31-38(3,4)5)45-37(39)30-28-26-24-15-13-11-9-7-2/h8,10,14,16,18-19,21-22,36H,6-7,9,11-13,15,17,20,23-35H2,1-5H3/b10-8-,16-14-,19-18-,22-21-. The Morgan fingerprint density at radius 3 is 1.87 bits per heavy atom. The molecular weight excluding hydrogens is 601 g/mol. The molecule has 2 unspecified atom stereocenters. The Morgan fingerprint density at radius 1 is 0.696 bits per heavy atom. The third-order valence-corrected chi connectivity index (χ3v) is 8.11. The molecule has 46 heavy (non-hydrogen) atoms. The van der Waals surface area contributed by atoms with Crippen molar-refractivity contribution < 1.29 is 37.3 Å². The number of phosphoric ester groups is 1. The van der Waals surface area contributed by atoms with Gasteiger partial charge in [0.25, 0.3) is 7.82 Å². The summed E-state index contributed by atoms with van der Waals surface area (Å²) >= 11 is 0. The summed E-state index contributed by atoms with van der Waals surface area (Å²) in [5, 5.41) is 0. The Balaban J connectivity index is 4.36. The summed E-state index contributed by atoms with van der Waals surface area (Å²) in [4.78, 5) is 24.8. The number of carbonyl (C=O) groups is 1. The second-order valence-electron chi connectivity index (χ2n) is 12.9. The molecule has 0 aliphatic rings. The van der Waals surface area contributed by atoms with Crippen molar-refractivity contribution in [3.05, 3.63) is 48.6 Å². The SMILES string of the molecule is CC/C=C\C/C=C\C/C=C\C/C=C\CCCCCOCC(COP(=O)([O-])OCC[N+](C)(C)C)OC(=O)CCCCCCCCCC. The fraction of sp³-hybridized carbons (Fsp3) is 0.757. The van der Waals surface area contributed by atoms with Gasteiger partial charge in [0.15, 0.2) is 0 Å². The topological polar surface area (TPSA) is 94.1 Å². The van der Waals surface area contributed by atoms with Gasteiger partial charge in [-0.1, -0.05) is 114 Å². The van der Waals surface area contributed by atoms with Crippen molar-refractivity contribution in [1.29, 1.82) is 0 Å². The van der Waals surface area contributed by atoms with Gasteiger partial charge in [0.1, 0.15) is 19.3 Å². The van der Waals surface area contributed by atoms with E-state index in [1.807, 2.05) is 21.1 Å². The molecule has 0 fully saturated rings. The zero-order valence-electron chi connectivity index (χ0n) is 30.0.